The van der Waals surface area contributed by atoms with Crippen LogP contribution in [0.2, 0.25) is 0 Å². The summed E-state index contributed by atoms with van der Waals surface area (Å²) in [5, 5.41) is 2.93. The lowest BCUT2D eigenvalue weighted by Crippen LogP contribution is -2.48. The molecule has 30 heavy (non-hydrogen) atoms. The summed E-state index contributed by atoms with van der Waals surface area (Å²) in [5.74, 6) is 0.358. The first-order chi connectivity index (χ1) is 14.0. The van der Waals surface area contributed by atoms with Gasteiger partial charge in [-0.05, 0) is 51.0 Å². The zero-order valence-corrected chi connectivity index (χ0v) is 19.3. The fraction of sp³-hybridized carbons (Fsp3) is 0.409. The molecule has 2 rings (SSSR count). The van der Waals surface area contributed by atoms with Crippen molar-refractivity contribution in [2.45, 2.75) is 39.8 Å². The predicted octanol–water partition coefficient (Wildman–Crippen LogP) is 3.35. The minimum atomic E-state index is -3.80. The molecule has 164 valence electrons. The zero-order chi connectivity index (χ0) is 22.6. The van der Waals surface area contributed by atoms with Gasteiger partial charge in [0.15, 0.2) is 0 Å². The Morgan fingerprint density at radius 1 is 1.03 bits per heavy atom. The molecular formula is C22H30N2O5S. The van der Waals surface area contributed by atoms with E-state index < -0.39 is 22.0 Å². The van der Waals surface area contributed by atoms with E-state index in [0.717, 1.165) is 27.3 Å². The lowest BCUT2D eigenvalue weighted by Gasteiger charge is -2.30. The molecule has 1 amide bonds. The number of methoxy groups -OCH3 is 2. The average Bonchev–Trinajstić information content (AvgIpc) is 2.66. The van der Waals surface area contributed by atoms with Gasteiger partial charge in [-0.15, -0.1) is 0 Å². The van der Waals surface area contributed by atoms with Gasteiger partial charge in [-0.2, -0.15) is 0 Å². The summed E-state index contributed by atoms with van der Waals surface area (Å²) in [4.78, 5) is 13.0. The van der Waals surface area contributed by atoms with E-state index in [2.05, 4.69) is 5.32 Å². The van der Waals surface area contributed by atoms with Crippen LogP contribution in [0.3, 0.4) is 0 Å². The van der Waals surface area contributed by atoms with Crippen molar-refractivity contribution in [2.75, 3.05) is 24.8 Å². The van der Waals surface area contributed by atoms with Gasteiger partial charge >= 0.3 is 0 Å². The van der Waals surface area contributed by atoms with Crippen LogP contribution in [-0.4, -0.2) is 40.8 Å². The number of nitrogens with zero attached hydrogens (tertiary/aromatic N) is 1. The van der Waals surface area contributed by atoms with Gasteiger partial charge < -0.3 is 14.8 Å². The largest absolute Gasteiger partial charge is 0.497 e. The van der Waals surface area contributed by atoms with Gasteiger partial charge in [-0.1, -0.05) is 23.8 Å². The molecule has 1 N–H and O–H groups in total. The molecule has 7 nitrogen and oxygen atoms in total. The van der Waals surface area contributed by atoms with Crippen LogP contribution < -0.4 is 19.1 Å². The minimum absolute atomic E-state index is 0.237. The third-order valence-electron chi connectivity index (χ3n) is 4.96. The molecule has 2 aromatic carbocycles. The van der Waals surface area contributed by atoms with E-state index in [1.165, 1.54) is 20.3 Å². The number of anilines is 1. The van der Waals surface area contributed by atoms with Crippen LogP contribution in [0.4, 0.5) is 5.69 Å². The quantitative estimate of drug-likeness (QED) is 0.689. The molecule has 2 atom stereocenters. The van der Waals surface area contributed by atoms with Crippen LogP contribution in [0.1, 0.15) is 36.6 Å². The standard InChI is InChI=1S/C22H30N2O5S/c1-14-8-10-19(15(2)12-14)16(3)23-22(25)17(4)24(30(7,26)27)20-13-18(28-5)9-11-21(20)29-6/h8-13,16-17H,1-7H3,(H,23,25)/t16-,17-/m1/s1. The highest BCUT2D eigenvalue weighted by molar-refractivity contribution is 7.92. The van der Waals surface area contributed by atoms with E-state index in [0.29, 0.717) is 11.5 Å². The molecule has 0 bridgehead atoms. The fourth-order valence-corrected chi connectivity index (χ4v) is 4.64. The van der Waals surface area contributed by atoms with Crippen molar-refractivity contribution >= 4 is 21.6 Å². The topological polar surface area (TPSA) is 84.9 Å². The molecule has 0 aliphatic heterocycles. The SMILES string of the molecule is COc1ccc(OC)c(N([C@H](C)C(=O)N[C@H](C)c2ccc(C)cc2C)S(C)(=O)=O)c1. The molecule has 0 spiro atoms. The normalized spacial score (nSPS) is 13.3. The van der Waals surface area contributed by atoms with Crippen LogP contribution in [0.5, 0.6) is 11.5 Å². The number of ether oxygens (including phenoxy) is 2. The Labute approximate surface area is 179 Å². The molecular weight excluding hydrogens is 404 g/mol. The number of nitrogens with one attached hydrogen (secondary N) is 1. The summed E-state index contributed by atoms with van der Waals surface area (Å²) in [6, 6.07) is 9.52. The van der Waals surface area contributed by atoms with E-state index in [4.69, 9.17) is 9.47 Å². The lowest BCUT2D eigenvalue weighted by molar-refractivity contribution is -0.122. The molecule has 2 aromatic rings. The third kappa shape index (κ3) is 5.24. The Morgan fingerprint density at radius 2 is 1.70 bits per heavy atom. The van der Waals surface area contributed by atoms with Crippen molar-refractivity contribution in [3.05, 3.63) is 53.1 Å². The summed E-state index contributed by atoms with van der Waals surface area (Å²) < 4.78 is 36.9. The number of aryl methyl sites for hydroxylation is 2. The van der Waals surface area contributed by atoms with Gasteiger partial charge in [0.1, 0.15) is 17.5 Å². The lowest BCUT2D eigenvalue weighted by atomic mass is 10.00. The van der Waals surface area contributed by atoms with Crippen LogP contribution in [0, 0.1) is 13.8 Å². The monoisotopic (exact) mass is 434 g/mol. The number of carbonyl (C=O) groups is 1. The maximum absolute atomic E-state index is 13.0. The van der Waals surface area contributed by atoms with E-state index in [-0.39, 0.29) is 11.7 Å². The van der Waals surface area contributed by atoms with Gasteiger partial charge in [0, 0.05) is 6.07 Å². The Hall–Kier alpha value is -2.74. The average molecular weight is 435 g/mol. The van der Waals surface area contributed by atoms with E-state index >= 15 is 0 Å². The molecule has 0 aliphatic carbocycles. The summed E-state index contributed by atoms with van der Waals surface area (Å²) in [6.45, 7) is 7.41. The highest BCUT2D eigenvalue weighted by Crippen LogP contribution is 2.35. The summed E-state index contributed by atoms with van der Waals surface area (Å²) >= 11 is 0. The van der Waals surface area contributed by atoms with Crippen LogP contribution in [0.15, 0.2) is 36.4 Å². The maximum Gasteiger partial charge on any atom is 0.244 e. The van der Waals surface area contributed by atoms with Crippen LogP contribution in [0.25, 0.3) is 0 Å². The number of rotatable bonds is 8. The second kappa shape index (κ2) is 9.38. The van der Waals surface area contributed by atoms with Gasteiger partial charge in [-0.3, -0.25) is 9.10 Å². The molecule has 0 unspecified atom stereocenters. The third-order valence-corrected chi connectivity index (χ3v) is 6.19. The van der Waals surface area contributed by atoms with E-state index in [1.54, 1.807) is 19.1 Å². The second-order valence-electron chi connectivity index (χ2n) is 7.36. The van der Waals surface area contributed by atoms with Crippen molar-refractivity contribution in [3.63, 3.8) is 0 Å². The molecule has 0 aliphatic rings. The first-order valence-corrected chi connectivity index (χ1v) is 11.4. The fourth-order valence-electron chi connectivity index (χ4n) is 3.47. The zero-order valence-electron chi connectivity index (χ0n) is 18.5. The Morgan fingerprint density at radius 3 is 2.23 bits per heavy atom. The Balaban J connectivity index is 2.38. The van der Waals surface area contributed by atoms with Gasteiger partial charge in [0.25, 0.3) is 0 Å². The van der Waals surface area contributed by atoms with Crippen molar-refractivity contribution in [3.8, 4) is 11.5 Å². The predicted molar refractivity (Wildman–Crippen MR) is 119 cm³/mol. The molecule has 0 fully saturated rings. The smallest absolute Gasteiger partial charge is 0.244 e. The van der Waals surface area contributed by atoms with Crippen LogP contribution >= 0.6 is 0 Å². The molecule has 0 saturated carbocycles. The molecule has 0 radical (unpaired) electrons. The number of carbonyl (C=O) groups excluding carboxylic acids is 1. The first-order valence-electron chi connectivity index (χ1n) is 9.58. The Bertz CT molecular complexity index is 1020. The number of hydrogen-bond donors (Lipinski definition) is 1. The highest BCUT2D eigenvalue weighted by Gasteiger charge is 2.32. The number of amides is 1. The first kappa shape index (κ1) is 23.5. The van der Waals surface area contributed by atoms with Crippen molar-refractivity contribution in [1.29, 1.82) is 0 Å². The van der Waals surface area contributed by atoms with Gasteiger partial charge in [0.05, 0.1) is 32.2 Å². The van der Waals surface area contributed by atoms with Crippen molar-refractivity contribution in [2.24, 2.45) is 0 Å². The van der Waals surface area contributed by atoms with E-state index in [1.807, 2.05) is 39.0 Å². The Kier molecular flexibility index (Phi) is 7.36. The van der Waals surface area contributed by atoms with Crippen LogP contribution in [-0.2, 0) is 14.8 Å². The van der Waals surface area contributed by atoms with Crippen molar-refractivity contribution in [1.82, 2.24) is 5.32 Å². The minimum Gasteiger partial charge on any atom is -0.497 e. The number of sulfonamides is 1. The summed E-state index contributed by atoms with van der Waals surface area (Å²) in [5.41, 5.74) is 3.41. The molecule has 8 heteroatoms. The molecule has 0 aromatic heterocycles. The van der Waals surface area contributed by atoms with Gasteiger partial charge in [-0.25, -0.2) is 8.42 Å². The summed E-state index contributed by atoms with van der Waals surface area (Å²) in [7, 11) is -0.870. The van der Waals surface area contributed by atoms with E-state index in [9.17, 15) is 13.2 Å². The number of benzene rings is 2. The number of hydrogen-bond acceptors (Lipinski definition) is 5. The maximum atomic E-state index is 13.0. The second-order valence-corrected chi connectivity index (χ2v) is 9.22. The summed E-state index contributed by atoms with van der Waals surface area (Å²) in [6.07, 6.45) is 1.06. The van der Waals surface area contributed by atoms with Crippen molar-refractivity contribution < 1.29 is 22.7 Å². The molecule has 0 heterocycles. The van der Waals surface area contributed by atoms with Gasteiger partial charge in [0.2, 0.25) is 15.9 Å². The molecule has 0 saturated heterocycles. The highest BCUT2D eigenvalue weighted by atomic mass is 32.2.